The van der Waals surface area contributed by atoms with Crippen LogP contribution < -0.4 is 161 Å². The number of amides is 2. The number of allylic oxidation sites excluding steroid dienone is 2. The summed E-state index contributed by atoms with van der Waals surface area (Å²) in [4.78, 5) is 62.5. The third kappa shape index (κ3) is 14.5. The van der Waals surface area contributed by atoms with Crippen molar-refractivity contribution in [2.24, 2.45) is 10.2 Å². The van der Waals surface area contributed by atoms with Crippen LogP contribution in [0, 0.1) is 0 Å². The number of anilines is 8. The largest absolute Gasteiger partial charge is 1.00 e. The first kappa shape index (κ1) is 61.3. The number of nitrogens with one attached hydrogen (secondary N) is 6. The van der Waals surface area contributed by atoms with E-state index < -0.39 is 82.1 Å². The maximum atomic E-state index is 13.5. The third-order valence-corrected chi connectivity index (χ3v) is 12.0. The van der Waals surface area contributed by atoms with Crippen molar-refractivity contribution < 1.29 is 178 Å². The monoisotopic (exact) mass is 1070 g/mol. The van der Waals surface area contributed by atoms with Gasteiger partial charge in [0, 0.05) is 56.4 Å². The molecule has 0 aliphatic heterocycles. The molecule has 0 heterocycles. The van der Waals surface area contributed by atoms with E-state index in [9.17, 15) is 60.1 Å². The minimum Gasteiger partial charge on any atom is -0.744 e. The van der Waals surface area contributed by atoms with E-state index in [-0.39, 0.29) is 163 Å². The summed E-state index contributed by atoms with van der Waals surface area (Å²) in [6.45, 7) is 0. The maximum absolute atomic E-state index is 13.5. The zero-order valence-corrected chi connectivity index (χ0v) is 49.0. The molecule has 6 aromatic carbocycles. The molecule has 0 fully saturated rings. The van der Waals surface area contributed by atoms with E-state index >= 15 is 0 Å². The van der Waals surface area contributed by atoms with Gasteiger partial charge in [0.2, 0.25) is 11.6 Å². The Labute approximate surface area is 510 Å². The number of benzene rings is 6. The van der Waals surface area contributed by atoms with Gasteiger partial charge in [-0.2, -0.15) is 10.2 Å². The molecule has 0 saturated carbocycles. The van der Waals surface area contributed by atoms with Crippen molar-refractivity contribution in [2.45, 2.75) is 0 Å². The molecule has 0 spiro atoms. The number of carboxylic acids is 2. The molecule has 2 aliphatic carbocycles. The number of aromatic carboxylic acids is 2. The number of para-hydroxylation sites is 2. The summed E-state index contributed by atoms with van der Waals surface area (Å²) in [5.74, 6) is -5.56. The van der Waals surface area contributed by atoms with Crippen molar-refractivity contribution in [3.05, 3.63) is 177 Å². The fraction of sp³-hybridized carbons (Fsp3) is 0. The molecule has 74 heavy (non-hydrogen) atoms. The van der Waals surface area contributed by atoms with Gasteiger partial charge in [0.25, 0.3) is 0 Å². The van der Waals surface area contributed by atoms with E-state index in [0.29, 0.717) is 22.7 Å². The van der Waals surface area contributed by atoms with Crippen molar-refractivity contribution in [2.75, 3.05) is 32.1 Å². The standard InChI is InChI=1S/C47H34N8O13S2.4Na/c56-43-33-15-11-29(48-27-7-3-1-4-8-27)19-25(33)21-39(69(63,64)65)41(43)54-52-37-17-13-31(23-35(37)45(58)59)50-47(62)51-32-14-18-38(36(24-32)46(60)61)53-55-42-40(70(66,67)68)22-26-20-30(12-16-34(26)44(42)57)49-28-9-5-2-6-10-28;;;;/h1-24,48-49,52-53H,(H,58,59)(H,60,61)(H2,50,51,62)(H,63,64,65)(H,66,67,68);;;;/q;4*+1/p-4/b54-41-,55-42+;;;;. The summed E-state index contributed by atoms with van der Waals surface area (Å²) in [6.07, 6.45) is 1.93. The van der Waals surface area contributed by atoms with Crippen molar-refractivity contribution in [3.63, 3.8) is 0 Å². The zero-order chi connectivity index (χ0) is 49.9. The van der Waals surface area contributed by atoms with E-state index in [1.54, 1.807) is 72.8 Å². The summed E-state index contributed by atoms with van der Waals surface area (Å²) in [7, 11) is -10.6. The molecule has 0 radical (unpaired) electrons. The summed E-state index contributed by atoms with van der Waals surface area (Å²) in [5, 5.41) is 42.9. The first-order valence-electron chi connectivity index (χ1n) is 20.2. The van der Waals surface area contributed by atoms with E-state index in [1.807, 2.05) is 0 Å². The molecule has 2 amide bonds. The van der Waals surface area contributed by atoms with Gasteiger partial charge >= 0.3 is 124 Å². The van der Waals surface area contributed by atoms with Gasteiger partial charge in [-0.15, -0.1) is 0 Å². The van der Waals surface area contributed by atoms with Crippen molar-refractivity contribution >= 4 is 119 Å². The van der Waals surface area contributed by atoms with Gasteiger partial charge in [0.1, 0.15) is 31.7 Å². The Balaban J connectivity index is 0.00000296. The molecular formula is C47H30N8Na4O13S2. The van der Waals surface area contributed by atoms with Gasteiger partial charge in [0.15, 0.2) is 0 Å². The summed E-state index contributed by atoms with van der Waals surface area (Å²) in [6, 6.07) is 31.9. The molecule has 0 bridgehead atoms. The molecule has 0 atom stereocenters. The molecule has 6 N–H and O–H groups in total. The number of hydrazone groups is 2. The van der Waals surface area contributed by atoms with Gasteiger partial charge in [0.05, 0.1) is 33.1 Å². The molecule has 0 saturated heterocycles. The normalized spacial score (nSPS) is 13.6. The van der Waals surface area contributed by atoms with Crippen molar-refractivity contribution in [1.82, 2.24) is 0 Å². The van der Waals surface area contributed by atoms with E-state index in [0.717, 1.165) is 36.4 Å². The van der Waals surface area contributed by atoms with Crippen LogP contribution in [0.2, 0.25) is 0 Å². The second-order valence-electron chi connectivity index (χ2n) is 15.0. The quantitative estimate of drug-likeness (QED) is 0.0335. The SMILES string of the molecule is O=C(Nc1ccc(N/N=C2/C(=O)c3ccc(Nc4ccccc4)cc3C=C2S(=O)(=O)[O-])c(C(=O)[O-])c1)Nc1ccc(N/N=C2\C(=O)c3ccc(Nc4ccccc4)cc3C=C2S(=O)(=O)[O-])c(C(=O)[O-])c1.[Na+].[Na+].[Na+].[Na+]. The second-order valence-corrected chi connectivity index (χ2v) is 17.7. The number of Topliss-reactive ketones (excluding diaryl/α,β-unsaturated/α-hetero) is 2. The van der Waals surface area contributed by atoms with Gasteiger partial charge < -0.3 is 50.2 Å². The number of rotatable bonds is 14. The Hall–Kier alpha value is -5.29. The fourth-order valence-electron chi connectivity index (χ4n) is 7.10. The summed E-state index contributed by atoms with van der Waals surface area (Å²) in [5.41, 5.74) is 3.05. The predicted octanol–water partition coefficient (Wildman–Crippen LogP) is -7.34. The van der Waals surface area contributed by atoms with Gasteiger partial charge in [-0.25, -0.2) is 21.6 Å². The smallest absolute Gasteiger partial charge is 0.744 e. The average molecular weight is 1070 g/mol. The number of ketones is 2. The molecule has 0 aromatic heterocycles. The maximum Gasteiger partial charge on any atom is 1.00 e. The van der Waals surface area contributed by atoms with Crippen LogP contribution in [-0.2, 0) is 20.2 Å². The fourth-order valence-corrected chi connectivity index (χ4v) is 8.40. The molecule has 6 aromatic rings. The summed E-state index contributed by atoms with van der Waals surface area (Å²) < 4.78 is 74.1. The Bertz CT molecular complexity index is 3350. The summed E-state index contributed by atoms with van der Waals surface area (Å²) >= 11 is 0. The minimum atomic E-state index is -5.32. The first-order chi connectivity index (χ1) is 33.3. The molecule has 8 rings (SSSR count). The van der Waals surface area contributed by atoms with Crippen molar-refractivity contribution in [1.29, 1.82) is 0 Å². The number of carbonyl (C=O) groups excluding carboxylic acids is 5. The molecular weight excluding hydrogens is 1040 g/mol. The second kappa shape index (κ2) is 26.0. The number of fused-ring (bicyclic) bond motifs is 2. The number of hydrogen-bond acceptors (Lipinski definition) is 19. The number of carbonyl (C=O) groups is 5. The molecule has 27 heteroatoms. The Morgan fingerprint density at radius 2 is 0.797 bits per heavy atom. The van der Waals surface area contributed by atoms with Crippen LogP contribution in [0.5, 0.6) is 0 Å². The Morgan fingerprint density at radius 3 is 1.14 bits per heavy atom. The predicted molar refractivity (Wildman–Crippen MR) is 253 cm³/mol. The topological polar surface area (TPSA) is 343 Å². The van der Waals surface area contributed by atoms with Crippen LogP contribution in [0.4, 0.5) is 50.3 Å². The van der Waals surface area contributed by atoms with Crippen LogP contribution in [0.25, 0.3) is 12.2 Å². The van der Waals surface area contributed by atoms with E-state index in [1.165, 1.54) is 36.4 Å². The number of nitrogens with zero attached hydrogens (tertiary/aromatic N) is 2. The van der Waals surface area contributed by atoms with Crippen LogP contribution in [0.1, 0.15) is 52.6 Å². The average Bonchev–Trinajstić information content (AvgIpc) is 3.31. The first-order valence-corrected chi connectivity index (χ1v) is 23.0. The van der Waals surface area contributed by atoms with Crippen molar-refractivity contribution in [3.8, 4) is 0 Å². The number of hydrogen-bond donors (Lipinski definition) is 6. The number of carboxylic acid groups (broad SMARTS) is 2. The molecule has 352 valence electrons. The molecule has 21 nitrogen and oxygen atoms in total. The number of urea groups is 1. The minimum absolute atomic E-state index is 0. The zero-order valence-electron chi connectivity index (χ0n) is 39.4. The molecule has 0 unspecified atom stereocenters. The van der Waals surface area contributed by atoms with Crippen LogP contribution in [0.3, 0.4) is 0 Å². The van der Waals surface area contributed by atoms with Gasteiger partial charge in [-0.1, -0.05) is 36.4 Å². The third-order valence-electron chi connectivity index (χ3n) is 10.3. The Morgan fingerprint density at radius 1 is 0.446 bits per heavy atom. The van der Waals surface area contributed by atoms with E-state index in [2.05, 4.69) is 42.3 Å². The van der Waals surface area contributed by atoms with Gasteiger partial charge in [-0.05, 0) is 120 Å². The Kier molecular flexibility index (Phi) is 21.5. The van der Waals surface area contributed by atoms with Gasteiger partial charge in [-0.3, -0.25) is 20.4 Å². The van der Waals surface area contributed by atoms with Crippen LogP contribution in [0.15, 0.2) is 153 Å². The molecule has 2 aliphatic rings. The van der Waals surface area contributed by atoms with Crippen LogP contribution in [-0.4, -0.2) is 66.9 Å². The van der Waals surface area contributed by atoms with Crippen LogP contribution >= 0.6 is 0 Å². The van der Waals surface area contributed by atoms with E-state index in [4.69, 9.17) is 0 Å².